The van der Waals surface area contributed by atoms with Crippen molar-refractivity contribution in [1.82, 2.24) is 5.32 Å². The lowest BCUT2D eigenvalue weighted by atomic mass is 9.78. The van der Waals surface area contributed by atoms with Gasteiger partial charge in [0.2, 0.25) is 5.91 Å². The summed E-state index contributed by atoms with van der Waals surface area (Å²) in [5, 5.41) is 3.14. The van der Waals surface area contributed by atoms with Crippen LogP contribution in [0.5, 0.6) is 0 Å². The molecule has 6 heteroatoms. The van der Waals surface area contributed by atoms with Crippen molar-refractivity contribution in [2.24, 2.45) is 11.7 Å². The third kappa shape index (κ3) is 3.60. The zero-order chi connectivity index (χ0) is 13.2. The molecule has 19 heavy (non-hydrogen) atoms. The molecule has 0 bridgehead atoms. The first-order chi connectivity index (χ1) is 8.56. The smallest absolute Gasteiger partial charge is 0.322 e. The molecular weight excluding hydrogens is 268 g/mol. The fraction of sp³-hybridized carbons (Fsp3) is 0.846. The van der Waals surface area contributed by atoms with E-state index in [-0.39, 0.29) is 29.8 Å². The molecule has 1 amide bonds. The van der Waals surface area contributed by atoms with E-state index in [1.807, 2.05) is 0 Å². The minimum absolute atomic E-state index is 0. The standard InChI is InChI=1S/C13H22N2O3.ClH/c1-18-12(17)10(14)7-9-8-13(15-11(9)16)5-3-2-4-6-13;/h9-10H,2-8,14H2,1H3,(H,15,16);1H/t9?,10-;/m0./s1. The molecule has 2 fully saturated rings. The van der Waals surface area contributed by atoms with Crippen LogP contribution >= 0.6 is 12.4 Å². The monoisotopic (exact) mass is 290 g/mol. The fourth-order valence-corrected chi connectivity index (χ4v) is 3.28. The van der Waals surface area contributed by atoms with Crippen molar-refractivity contribution >= 4 is 24.3 Å². The molecule has 1 saturated heterocycles. The first-order valence-electron chi connectivity index (χ1n) is 6.72. The summed E-state index contributed by atoms with van der Waals surface area (Å²) in [6.07, 6.45) is 6.93. The Morgan fingerprint density at radius 3 is 2.68 bits per heavy atom. The maximum atomic E-state index is 12.0. The van der Waals surface area contributed by atoms with Gasteiger partial charge in [-0.25, -0.2) is 0 Å². The third-order valence-corrected chi connectivity index (χ3v) is 4.25. The average Bonchev–Trinajstić information content (AvgIpc) is 2.65. The van der Waals surface area contributed by atoms with Crippen molar-refractivity contribution in [1.29, 1.82) is 0 Å². The molecule has 2 rings (SSSR count). The summed E-state index contributed by atoms with van der Waals surface area (Å²) in [6.45, 7) is 0. The number of rotatable bonds is 3. The number of amides is 1. The number of carbonyl (C=O) groups is 2. The summed E-state index contributed by atoms with van der Waals surface area (Å²) in [5.74, 6) is -0.527. The first-order valence-corrected chi connectivity index (χ1v) is 6.72. The zero-order valence-corrected chi connectivity index (χ0v) is 12.1. The lowest BCUT2D eigenvalue weighted by Crippen LogP contribution is -2.42. The summed E-state index contributed by atoms with van der Waals surface area (Å²) in [4.78, 5) is 23.3. The number of hydrogen-bond donors (Lipinski definition) is 2. The Kier molecular flexibility index (Phi) is 5.62. The molecule has 5 nitrogen and oxygen atoms in total. The number of esters is 1. The maximum absolute atomic E-state index is 12.0. The highest BCUT2D eigenvalue weighted by Gasteiger charge is 2.45. The van der Waals surface area contributed by atoms with Gasteiger partial charge in [0.1, 0.15) is 6.04 Å². The molecule has 1 aliphatic heterocycles. The third-order valence-electron chi connectivity index (χ3n) is 4.25. The van der Waals surface area contributed by atoms with Crippen LogP contribution in [-0.2, 0) is 14.3 Å². The highest BCUT2D eigenvalue weighted by atomic mass is 35.5. The van der Waals surface area contributed by atoms with E-state index in [0.29, 0.717) is 6.42 Å². The molecule has 0 aromatic heterocycles. The highest BCUT2D eigenvalue weighted by molar-refractivity contribution is 5.85. The number of ether oxygens (including phenoxy) is 1. The number of nitrogens with one attached hydrogen (secondary N) is 1. The van der Waals surface area contributed by atoms with Gasteiger partial charge >= 0.3 is 5.97 Å². The van der Waals surface area contributed by atoms with E-state index in [9.17, 15) is 9.59 Å². The van der Waals surface area contributed by atoms with Gasteiger partial charge in [0.15, 0.2) is 0 Å². The van der Waals surface area contributed by atoms with Crippen molar-refractivity contribution in [3.8, 4) is 0 Å². The van der Waals surface area contributed by atoms with Gasteiger partial charge in [-0.1, -0.05) is 19.3 Å². The molecule has 0 radical (unpaired) electrons. The van der Waals surface area contributed by atoms with E-state index in [4.69, 9.17) is 5.73 Å². The lowest BCUT2D eigenvalue weighted by Gasteiger charge is -2.33. The molecule has 2 atom stereocenters. The van der Waals surface area contributed by atoms with Crippen LogP contribution in [0.3, 0.4) is 0 Å². The van der Waals surface area contributed by atoms with E-state index in [2.05, 4.69) is 10.1 Å². The van der Waals surface area contributed by atoms with Gasteiger partial charge < -0.3 is 15.8 Å². The van der Waals surface area contributed by atoms with Crippen LogP contribution in [0.4, 0.5) is 0 Å². The van der Waals surface area contributed by atoms with Gasteiger partial charge in [-0.15, -0.1) is 12.4 Å². The van der Waals surface area contributed by atoms with E-state index < -0.39 is 12.0 Å². The molecule has 1 unspecified atom stereocenters. The van der Waals surface area contributed by atoms with Crippen molar-refractivity contribution in [2.45, 2.75) is 56.5 Å². The Morgan fingerprint density at radius 1 is 1.47 bits per heavy atom. The van der Waals surface area contributed by atoms with E-state index in [1.165, 1.54) is 26.4 Å². The summed E-state index contributed by atoms with van der Waals surface area (Å²) in [6, 6.07) is -0.690. The fourth-order valence-electron chi connectivity index (χ4n) is 3.28. The van der Waals surface area contributed by atoms with Crippen LogP contribution in [0.15, 0.2) is 0 Å². The summed E-state index contributed by atoms with van der Waals surface area (Å²) in [7, 11) is 1.32. The van der Waals surface area contributed by atoms with Crippen LogP contribution in [0.25, 0.3) is 0 Å². The summed E-state index contributed by atoms with van der Waals surface area (Å²) in [5.41, 5.74) is 5.72. The Hall–Kier alpha value is -0.810. The van der Waals surface area contributed by atoms with Gasteiger partial charge in [-0.2, -0.15) is 0 Å². The summed E-state index contributed by atoms with van der Waals surface area (Å²) >= 11 is 0. The molecule has 0 aromatic rings. The molecule has 0 aromatic carbocycles. The Labute approximate surface area is 120 Å². The SMILES string of the molecule is COC(=O)[C@@H](N)CC1CC2(CCCCC2)NC1=O.Cl. The van der Waals surface area contributed by atoms with Crippen LogP contribution in [0, 0.1) is 5.92 Å². The van der Waals surface area contributed by atoms with Crippen LogP contribution in [-0.4, -0.2) is 30.6 Å². The molecular formula is C13H23ClN2O3. The normalized spacial score (nSPS) is 26.4. The van der Waals surface area contributed by atoms with Gasteiger partial charge in [-0.05, 0) is 25.7 Å². The highest BCUT2D eigenvalue weighted by Crippen LogP contribution is 2.39. The lowest BCUT2D eigenvalue weighted by molar-refractivity contribution is -0.142. The van der Waals surface area contributed by atoms with E-state index in [1.54, 1.807) is 0 Å². The van der Waals surface area contributed by atoms with Crippen molar-refractivity contribution in [3.63, 3.8) is 0 Å². The molecule has 1 spiro atoms. The first kappa shape index (κ1) is 16.2. The topological polar surface area (TPSA) is 81.4 Å². The van der Waals surface area contributed by atoms with Gasteiger partial charge in [0.25, 0.3) is 0 Å². The number of methoxy groups -OCH3 is 1. The predicted octanol–water partition coefficient (Wildman–Crippen LogP) is 1.14. The Balaban J connectivity index is 0.00000180. The van der Waals surface area contributed by atoms with Crippen molar-refractivity contribution < 1.29 is 14.3 Å². The second-order valence-electron chi connectivity index (χ2n) is 5.60. The molecule has 1 heterocycles. The Morgan fingerprint density at radius 2 is 2.11 bits per heavy atom. The van der Waals surface area contributed by atoms with Crippen molar-refractivity contribution in [2.75, 3.05) is 7.11 Å². The van der Waals surface area contributed by atoms with Crippen molar-refractivity contribution in [3.05, 3.63) is 0 Å². The van der Waals surface area contributed by atoms with Crippen LogP contribution in [0.2, 0.25) is 0 Å². The number of carbonyl (C=O) groups excluding carboxylic acids is 2. The average molecular weight is 291 g/mol. The maximum Gasteiger partial charge on any atom is 0.322 e. The molecule has 1 aliphatic carbocycles. The molecule has 2 aliphatic rings. The predicted molar refractivity (Wildman–Crippen MR) is 73.9 cm³/mol. The minimum Gasteiger partial charge on any atom is -0.468 e. The number of halogens is 1. The second kappa shape index (κ2) is 6.57. The number of nitrogens with two attached hydrogens (primary N) is 1. The largest absolute Gasteiger partial charge is 0.468 e. The molecule has 110 valence electrons. The van der Waals surface area contributed by atoms with Crippen LogP contribution in [0.1, 0.15) is 44.9 Å². The number of hydrogen-bond acceptors (Lipinski definition) is 4. The minimum atomic E-state index is -0.690. The molecule has 3 N–H and O–H groups in total. The second-order valence-corrected chi connectivity index (χ2v) is 5.60. The summed E-state index contributed by atoms with van der Waals surface area (Å²) < 4.78 is 4.60. The molecule has 1 saturated carbocycles. The van der Waals surface area contributed by atoms with Crippen LogP contribution < -0.4 is 11.1 Å². The quantitative estimate of drug-likeness (QED) is 0.764. The zero-order valence-electron chi connectivity index (χ0n) is 11.3. The van der Waals surface area contributed by atoms with Gasteiger partial charge in [0.05, 0.1) is 7.11 Å². The van der Waals surface area contributed by atoms with E-state index in [0.717, 1.165) is 19.3 Å². The van der Waals surface area contributed by atoms with E-state index >= 15 is 0 Å². The van der Waals surface area contributed by atoms with Gasteiger partial charge in [0, 0.05) is 11.5 Å². The van der Waals surface area contributed by atoms with Gasteiger partial charge in [-0.3, -0.25) is 9.59 Å². The Bertz CT molecular complexity index is 343.